The molecule has 0 aliphatic heterocycles. The molecule has 1 fully saturated rings. The van der Waals surface area contributed by atoms with Gasteiger partial charge >= 0.3 is 0 Å². The molecule has 0 heterocycles. The molecule has 2 heteroatoms. The lowest BCUT2D eigenvalue weighted by Gasteiger charge is -2.18. The summed E-state index contributed by atoms with van der Waals surface area (Å²) in [5.41, 5.74) is 0. The lowest BCUT2D eigenvalue weighted by molar-refractivity contribution is 0.203. The summed E-state index contributed by atoms with van der Waals surface area (Å²) in [5.74, 6) is -0.307. The van der Waals surface area contributed by atoms with Crippen LogP contribution in [0, 0.1) is 17.2 Å². The third kappa shape index (κ3) is 1.41. The number of halogens is 1. The smallest absolute Gasteiger partial charge is 0.116 e. The number of rotatable bonds is 0. The average molecular weight is 127 g/mol. The maximum absolute atomic E-state index is 12.6. The van der Waals surface area contributed by atoms with Crippen LogP contribution in [0.4, 0.5) is 4.39 Å². The fraction of sp³-hybridized carbons (Fsp3) is 0.857. The molecule has 9 heavy (non-hydrogen) atoms. The predicted molar refractivity (Wildman–Crippen MR) is 32.5 cm³/mol. The molecule has 0 saturated heterocycles. The predicted octanol–water partition coefficient (Wildman–Crippen LogP) is 2.04. The molecule has 50 valence electrons. The van der Waals surface area contributed by atoms with Crippen molar-refractivity contribution in [3.8, 4) is 6.07 Å². The Labute approximate surface area is 54.5 Å². The maximum atomic E-state index is 12.6. The fourth-order valence-electron chi connectivity index (χ4n) is 1.23. The van der Waals surface area contributed by atoms with Gasteiger partial charge in [0, 0.05) is 0 Å². The standard InChI is InChI=1S/C7H10FN/c8-7-4-2-1-3-6(7)5-9/h6-7H,1-4H2/t6-,7+/m0/s1. The van der Waals surface area contributed by atoms with Gasteiger partial charge in [0.25, 0.3) is 0 Å². The molecule has 0 aromatic carbocycles. The van der Waals surface area contributed by atoms with Gasteiger partial charge in [0.05, 0.1) is 12.0 Å². The van der Waals surface area contributed by atoms with E-state index in [2.05, 4.69) is 0 Å². The lowest BCUT2D eigenvalue weighted by Crippen LogP contribution is -2.18. The van der Waals surface area contributed by atoms with E-state index in [0.717, 1.165) is 19.3 Å². The first-order valence-electron chi connectivity index (χ1n) is 3.38. The summed E-state index contributed by atoms with van der Waals surface area (Å²) in [4.78, 5) is 0. The highest BCUT2D eigenvalue weighted by atomic mass is 19.1. The molecule has 2 atom stereocenters. The summed E-state index contributed by atoms with van der Waals surface area (Å²) in [6.07, 6.45) is 2.50. The Hall–Kier alpha value is -0.580. The minimum atomic E-state index is -0.844. The SMILES string of the molecule is N#C[C@@H]1CCCC[C@H]1F. The molecule has 1 rings (SSSR count). The van der Waals surface area contributed by atoms with Crippen LogP contribution in [0.1, 0.15) is 25.7 Å². The van der Waals surface area contributed by atoms with Crippen molar-refractivity contribution in [2.75, 3.05) is 0 Å². The Morgan fingerprint density at radius 2 is 2.00 bits per heavy atom. The zero-order chi connectivity index (χ0) is 6.69. The molecule has 0 bridgehead atoms. The van der Waals surface area contributed by atoms with E-state index in [4.69, 9.17) is 5.26 Å². The van der Waals surface area contributed by atoms with E-state index in [1.54, 1.807) is 0 Å². The van der Waals surface area contributed by atoms with Gasteiger partial charge in [-0.1, -0.05) is 12.8 Å². The molecule has 0 spiro atoms. The van der Waals surface area contributed by atoms with Crippen molar-refractivity contribution in [3.05, 3.63) is 0 Å². The molecule has 1 saturated carbocycles. The van der Waals surface area contributed by atoms with Crippen molar-refractivity contribution < 1.29 is 4.39 Å². The van der Waals surface area contributed by atoms with Gasteiger partial charge in [-0.05, 0) is 12.8 Å². The molecule has 1 aliphatic rings. The highest BCUT2D eigenvalue weighted by Crippen LogP contribution is 2.25. The van der Waals surface area contributed by atoms with Gasteiger partial charge in [-0.25, -0.2) is 4.39 Å². The average Bonchev–Trinajstić information content (AvgIpc) is 1.89. The van der Waals surface area contributed by atoms with Crippen LogP contribution in [-0.4, -0.2) is 6.17 Å². The quantitative estimate of drug-likeness (QED) is 0.488. The van der Waals surface area contributed by atoms with E-state index in [-0.39, 0.29) is 5.92 Å². The largest absolute Gasteiger partial charge is 0.246 e. The molecule has 0 aromatic heterocycles. The van der Waals surface area contributed by atoms with Gasteiger partial charge in [0.1, 0.15) is 6.17 Å². The first kappa shape index (κ1) is 6.54. The second-order valence-electron chi connectivity index (χ2n) is 2.54. The second-order valence-corrected chi connectivity index (χ2v) is 2.54. The molecule has 0 unspecified atom stereocenters. The van der Waals surface area contributed by atoms with Gasteiger partial charge in [-0.2, -0.15) is 5.26 Å². The van der Waals surface area contributed by atoms with Crippen molar-refractivity contribution in [2.24, 2.45) is 5.92 Å². The minimum absolute atomic E-state index is 0.307. The summed E-state index contributed by atoms with van der Waals surface area (Å²) >= 11 is 0. The minimum Gasteiger partial charge on any atom is -0.246 e. The molecule has 1 aliphatic carbocycles. The first-order valence-corrected chi connectivity index (χ1v) is 3.38. The summed E-state index contributed by atoms with van der Waals surface area (Å²) in [7, 11) is 0. The molecule has 1 nitrogen and oxygen atoms in total. The summed E-state index contributed by atoms with van der Waals surface area (Å²) in [6, 6.07) is 1.98. The Morgan fingerprint density at radius 3 is 2.44 bits per heavy atom. The Balaban J connectivity index is 2.41. The van der Waals surface area contributed by atoms with Gasteiger partial charge in [-0.15, -0.1) is 0 Å². The number of hydrogen-bond acceptors (Lipinski definition) is 1. The van der Waals surface area contributed by atoms with Crippen molar-refractivity contribution in [1.29, 1.82) is 5.26 Å². The summed E-state index contributed by atoms with van der Waals surface area (Å²) < 4.78 is 12.6. The van der Waals surface area contributed by atoms with Gasteiger partial charge in [-0.3, -0.25) is 0 Å². The van der Waals surface area contributed by atoms with E-state index < -0.39 is 6.17 Å². The van der Waals surface area contributed by atoms with Crippen molar-refractivity contribution in [3.63, 3.8) is 0 Å². The van der Waals surface area contributed by atoms with E-state index in [1.165, 1.54) is 0 Å². The van der Waals surface area contributed by atoms with Crippen LogP contribution in [0.15, 0.2) is 0 Å². The van der Waals surface area contributed by atoms with Crippen LogP contribution in [0.5, 0.6) is 0 Å². The first-order chi connectivity index (χ1) is 4.34. The van der Waals surface area contributed by atoms with E-state index in [9.17, 15) is 4.39 Å². The number of alkyl halides is 1. The third-order valence-electron chi connectivity index (χ3n) is 1.85. The molecular formula is C7H10FN. The topological polar surface area (TPSA) is 23.8 Å². The Kier molecular flexibility index (Phi) is 2.05. The van der Waals surface area contributed by atoms with Crippen LogP contribution >= 0.6 is 0 Å². The zero-order valence-electron chi connectivity index (χ0n) is 5.31. The van der Waals surface area contributed by atoms with Crippen LogP contribution < -0.4 is 0 Å². The Morgan fingerprint density at radius 1 is 1.33 bits per heavy atom. The number of nitrogens with zero attached hydrogens (tertiary/aromatic N) is 1. The van der Waals surface area contributed by atoms with E-state index in [0.29, 0.717) is 6.42 Å². The van der Waals surface area contributed by atoms with Crippen LogP contribution in [-0.2, 0) is 0 Å². The van der Waals surface area contributed by atoms with Crippen molar-refractivity contribution in [2.45, 2.75) is 31.9 Å². The number of hydrogen-bond donors (Lipinski definition) is 0. The highest BCUT2D eigenvalue weighted by molar-refractivity contribution is 4.90. The molecule has 0 radical (unpaired) electrons. The summed E-state index contributed by atoms with van der Waals surface area (Å²) in [6.45, 7) is 0. The van der Waals surface area contributed by atoms with Gasteiger partial charge in [0.2, 0.25) is 0 Å². The molecule has 0 aromatic rings. The summed E-state index contributed by atoms with van der Waals surface area (Å²) in [5, 5.41) is 8.37. The molecular weight excluding hydrogens is 117 g/mol. The van der Waals surface area contributed by atoms with Gasteiger partial charge < -0.3 is 0 Å². The third-order valence-corrected chi connectivity index (χ3v) is 1.85. The lowest BCUT2D eigenvalue weighted by atomic mass is 9.89. The van der Waals surface area contributed by atoms with Crippen molar-refractivity contribution in [1.82, 2.24) is 0 Å². The number of nitriles is 1. The Bertz CT molecular complexity index is 127. The van der Waals surface area contributed by atoms with E-state index >= 15 is 0 Å². The van der Waals surface area contributed by atoms with Gasteiger partial charge in [0.15, 0.2) is 0 Å². The highest BCUT2D eigenvalue weighted by Gasteiger charge is 2.23. The molecule has 0 N–H and O–H groups in total. The molecule has 0 amide bonds. The fourth-order valence-corrected chi connectivity index (χ4v) is 1.23. The monoisotopic (exact) mass is 127 g/mol. The normalized spacial score (nSPS) is 35.6. The second kappa shape index (κ2) is 2.82. The zero-order valence-corrected chi connectivity index (χ0v) is 5.31. The van der Waals surface area contributed by atoms with Crippen molar-refractivity contribution >= 4 is 0 Å². The van der Waals surface area contributed by atoms with E-state index in [1.807, 2.05) is 6.07 Å². The van der Waals surface area contributed by atoms with Crippen LogP contribution in [0.25, 0.3) is 0 Å². The van der Waals surface area contributed by atoms with Crippen LogP contribution in [0.2, 0.25) is 0 Å². The van der Waals surface area contributed by atoms with Crippen LogP contribution in [0.3, 0.4) is 0 Å². The maximum Gasteiger partial charge on any atom is 0.116 e.